The summed E-state index contributed by atoms with van der Waals surface area (Å²) in [5.74, 6) is 0. The molecule has 0 aliphatic rings. The second-order valence-corrected chi connectivity index (χ2v) is 1.92. The molecule has 2 nitrogen and oxygen atoms in total. The van der Waals surface area contributed by atoms with Crippen LogP contribution in [0.25, 0.3) is 0 Å². The van der Waals surface area contributed by atoms with Gasteiger partial charge < -0.3 is 9.97 Å². The first-order valence-corrected chi connectivity index (χ1v) is 3.54. The van der Waals surface area contributed by atoms with Crippen LogP contribution in [0.2, 0.25) is 0 Å². The van der Waals surface area contributed by atoms with Crippen molar-refractivity contribution in [2.24, 2.45) is 0 Å². The largest absolute Gasteiger partial charge is 2.00 e. The Bertz CT molecular complexity index is 194. The van der Waals surface area contributed by atoms with E-state index in [1.54, 1.807) is 24.5 Å². The Morgan fingerprint density at radius 1 is 0.714 bits per heavy atom. The molecule has 2 aromatic rings. The summed E-state index contributed by atoms with van der Waals surface area (Å²) in [7, 11) is 0. The number of hydrogen-bond acceptors (Lipinski definition) is 2. The quantitative estimate of drug-likeness (QED) is 0.417. The summed E-state index contributed by atoms with van der Waals surface area (Å²) >= 11 is 0. The normalized spacial score (nSPS) is 6.86. The Balaban J connectivity index is 0. The fraction of sp³-hybridized carbons (Fsp3) is 0. The minimum absolute atomic E-state index is 0. The Labute approximate surface area is 111 Å². The van der Waals surface area contributed by atoms with Gasteiger partial charge in [-0.05, 0) is 0 Å². The average molecular weight is 343 g/mol. The molecule has 0 spiro atoms. The third-order valence-electron chi connectivity index (χ3n) is 1.03. The zero-order chi connectivity index (χ0) is 8.49. The summed E-state index contributed by atoms with van der Waals surface area (Å²) in [6.07, 6.45) is 8.67. The van der Waals surface area contributed by atoms with E-state index in [1.807, 2.05) is 24.3 Å². The van der Waals surface area contributed by atoms with Crippen molar-refractivity contribution >= 4 is 24.0 Å². The van der Waals surface area contributed by atoms with Crippen molar-refractivity contribution in [2.75, 3.05) is 0 Å². The molecule has 0 unspecified atom stereocenters. The standard InChI is InChI=1S/2C5H4N.HI.Ni/c2*1-2-4-6-5-3-1;;/h2*1-4H;1H;/q2*-1;;+2. The van der Waals surface area contributed by atoms with Gasteiger partial charge in [-0.2, -0.15) is 36.4 Å². The summed E-state index contributed by atoms with van der Waals surface area (Å²) in [5, 5.41) is 0. The molecule has 0 aliphatic carbocycles. The smallest absolute Gasteiger partial charge is 0.394 e. The molecule has 0 N–H and O–H groups in total. The van der Waals surface area contributed by atoms with Crippen LogP contribution < -0.4 is 0 Å². The van der Waals surface area contributed by atoms with Crippen molar-refractivity contribution in [2.45, 2.75) is 0 Å². The fourth-order valence-electron chi connectivity index (χ4n) is 0.555. The second-order valence-electron chi connectivity index (χ2n) is 1.92. The molecule has 0 fully saturated rings. The molecule has 2 heterocycles. The first kappa shape index (κ1) is 16.0. The molecule has 0 radical (unpaired) electrons. The van der Waals surface area contributed by atoms with Crippen molar-refractivity contribution in [3.05, 3.63) is 61.2 Å². The van der Waals surface area contributed by atoms with Gasteiger partial charge in [-0.3, -0.25) is 0 Å². The molecule has 0 amide bonds. The monoisotopic (exact) mass is 342 g/mol. The van der Waals surface area contributed by atoms with Gasteiger partial charge in [0, 0.05) is 0 Å². The van der Waals surface area contributed by atoms with Crippen LogP contribution in [0, 0.1) is 12.4 Å². The molecule has 2 rings (SSSR count). The first-order chi connectivity index (χ1) is 6.00. The predicted molar refractivity (Wildman–Crippen MR) is 61.6 cm³/mol. The Kier molecular flexibility index (Phi) is 14.3. The van der Waals surface area contributed by atoms with Gasteiger partial charge in [-0.25, -0.2) is 0 Å². The molecule has 4 heteroatoms. The van der Waals surface area contributed by atoms with Gasteiger partial charge in [-0.15, -0.1) is 24.0 Å². The van der Waals surface area contributed by atoms with Crippen LogP contribution in [0.3, 0.4) is 0 Å². The first-order valence-electron chi connectivity index (χ1n) is 3.54. The molecular weight excluding hydrogens is 334 g/mol. The minimum Gasteiger partial charge on any atom is -0.394 e. The van der Waals surface area contributed by atoms with E-state index < -0.39 is 0 Å². The van der Waals surface area contributed by atoms with E-state index in [2.05, 4.69) is 22.4 Å². The van der Waals surface area contributed by atoms with Crippen LogP contribution >= 0.6 is 24.0 Å². The number of hydrogen-bond donors (Lipinski definition) is 0. The van der Waals surface area contributed by atoms with Gasteiger partial charge >= 0.3 is 16.5 Å². The van der Waals surface area contributed by atoms with Gasteiger partial charge in [0.25, 0.3) is 0 Å². The number of pyridine rings is 2. The van der Waals surface area contributed by atoms with Gasteiger partial charge in [0.15, 0.2) is 0 Å². The van der Waals surface area contributed by atoms with Crippen LogP contribution in [-0.2, 0) is 16.5 Å². The predicted octanol–water partition coefficient (Wildman–Crippen LogP) is 2.38. The number of halogens is 1. The second kappa shape index (κ2) is 12.5. The SMILES string of the molecule is I.[Ni+2].[c-]1ccccn1.[c-]1ccccn1. The van der Waals surface area contributed by atoms with Crippen LogP contribution in [0.5, 0.6) is 0 Å². The van der Waals surface area contributed by atoms with Crippen molar-refractivity contribution in [1.82, 2.24) is 9.97 Å². The third-order valence-corrected chi connectivity index (χ3v) is 1.03. The van der Waals surface area contributed by atoms with Gasteiger partial charge in [0.05, 0.1) is 0 Å². The summed E-state index contributed by atoms with van der Waals surface area (Å²) in [4.78, 5) is 7.32. The topological polar surface area (TPSA) is 25.8 Å². The van der Waals surface area contributed by atoms with Crippen LogP contribution in [0.1, 0.15) is 0 Å². The average Bonchev–Trinajstić information content (AvgIpc) is 2.24. The summed E-state index contributed by atoms with van der Waals surface area (Å²) in [5.41, 5.74) is 0. The molecule has 2 aromatic heterocycles. The summed E-state index contributed by atoms with van der Waals surface area (Å²) < 4.78 is 0. The minimum atomic E-state index is 0. The van der Waals surface area contributed by atoms with Crippen LogP contribution in [0.15, 0.2) is 48.8 Å². The Morgan fingerprint density at radius 3 is 1.21 bits per heavy atom. The summed E-state index contributed by atoms with van der Waals surface area (Å²) in [6, 6.07) is 11.0. The van der Waals surface area contributed by atoms with Crippen molar-refractivity contribution < 1.29 is 16.5 Å². The van der Waals surface area contributed by atoms with Crippen molar-refractivity contribution in [3.8, 4) is 0 Å². The maximum Gasteiger partial charge on any atom is 2.00 e. The van der Waals surface area contributed by atoms with E-state index in [0.717, 1.165) is 0 Å². The summed E-state index contributed by atoms with van der Waals surface area (Å²) in [6.45, 7) is 0. The molecule has 0 aliphatic heterocycles. The van der Waals surface area contributed by atoms with E-state index in [4.69, 9.17) is 0 Å². The van der Waals surface area contributed by atoms with Gasteiger partial charge in [0.2, 0.25) is 0 Å². The van der Waals surface area contributed by atoms with E-state index in [9.17, 15) is 0 Å². The van der Waals surface area contributed by atoms with Crippen molar-refractivity contribution in [3.63, 3.8) is 0 Å². The molecule has 0 atom stereocenters. The zero-order valence-electron chi connectivity index (χ0n) is 7.24. The van der Waals surface area contributed by atoms with E-state index in [-0.39, 0.29) is 40.5 Å². The maximum atomic E-state index is 3.66. The maximum absolute atomic E-state index is 3.66. The molecule has 0 aromatic carbocycles. The molecular formula is C10H9IN2Ni. The molecule has 0 bridgehead atoms. The van der Waals surface area contributed by atoms with E-state index in [1.165, 1.54) is 0 Å². The third kappa shape index (κ3) is 9.61. The zero-order valence-corrected chi connectivity index (χ0v) is 10.6. The number of aromatic nitrogens is 2. The molecule has 0 saturated carbocycles. The van der Waals surface area contributed by atoms with Gasteiger partial charge in [0.1, 0.15) is 0 Å². The number of rotatable bonds is 0. The fourth-order valence-corrected chi connectivity index (χ4v) is 0.555. The van der Waals surface area contributed by atoms with E-state index in [0.29, 0.717) is 0 Å². The molecule has 0 saturated heterocycles. The molecule has 14 heavy (non-hydrogen) atoms. The molecule has 76 valence electrons. The van der Waals surface area contributed by atoms with E-state index >= 15 is 0 Å². The Hall–Kier alpha value is -0.476. The van der Waals surface area contributed by atoms with Crippen LogP contribution in [0.4, 0.5) is 0 Å². The number of nitrogens with zero attached hydrogens (tertiary/aromatic N) is 2. The Morgan fingerprint density at radius 2 is 1.14 bits per heavy atom. The van der Waals surface area contributed by atoms with Crippen molar-refractivity contribution in [1.29, 1.82) is 0 Å². The van der Waals surface area contributed by atoms with Crippen LogP contribution in [-0.4, -0.2) is 9.97 Å². The van der Waals surface area contributed by atoms with Gasteiger partial charge in [-0.1, -0.05) is 24.8 Å².